The second-order valence-corrected chi connectivity index (χ2v) is 8.94. The minimum absolute atomic E-state index is 0.0850. The minimum Gasteiger partial charge on any atom is -0.299 e. The molecule has 0 N–H and O–H groups in total. The Balaban J connectivity index is 1.57. The lowest BCUT2D eigenvalue weighted by molar-refractivity contribution is 0.782. The Morgan fingerprint density at radius 3 is 2.64 bits per heavy atom. The van der Waals surface area contributed by atoms with Crippen LogP contribution in [0.4, 0.5) is 0 Å². The normalized spacial score (nSPS) is 11.2. The lowest BCUT2D eigenvalue weighted by Gasteiger charge is -2.12. The van der Waals surface area contributed by atoms with Crippen molar-refractivity contribution in [1.82, 2.24) is 29.3 Å². The maximum Gasteiger partial charge on any atom is 0.261 e. The predicted molar refractivity (Wildman–Crippen MR) is 131 cm³/mol. The van der Waals surface area contributed by atoms with E-state index in [9.17, 15) is 4.79 Å². The molecule has 5 aromatic rings. The molecule has 10 heteroatoms. The van der Waals surface area contributed by atoms with Crippen LogP contribution in [-0.2, 0) is 12.8 Å². The van der Waals surface area contributed by atoms with Gasteiger partial charge in [-0.2, -0.15) is 0 Å². The number of thioether (sulfide) groups is 1. The third-order valence-corrected chi connectivity index (χ3v) is 6.78. The first-order chi connectivity index (χ1) is 16.0. The van der Waals surface area contributed by atoms with Crippen molar-refractivity contribution in [3.8, 4) is 17.1 Å². The van der Waals surface area contributed by atoms with Crippen LogP contribution in [0, 0.1) is 0 Å². The highest BCUT2D eigenvalue weighted by molar-refractivity contribution is 7.98. The standard InChI is InChI=1S/C23H16Cl2N6OS/c1-30-20(27-19-7-3-2-6-16(19)22(30)32)13-33-23-29-28-21(14-5-4-10-26-12-14)31(23)15-8-9-17(24)18(25)11-15/h2-12H,13H2,1H3. The van der Waals surface area contributed by atoms with Gasteiger partial charge in [0, 0.05) is 25.0 Å². The molecule has 5 rings (SSSR count). The largest absolute Gasteiger partial charge is 0.299 e. The van der Waals surface area contributed by atoms with Crippen LogP contribution in [0.1, 0.15) is 5.82 Å². The fraction of sp³-hybridized carbons (Fsp3) is 0.0870. The monoisotopic (exact) mass is 494 g/mol. The third-order valence-electron chi connectivity index (χ3n) is 5.12. The first-order valence-electron chi connectivity index (χ1n) is 9.91. The SMILES string of the molecule is Cn1c(CSc2nnc(-c3cccnc3)n2-c2ccc(Cl)c(Cl)c2)nc2ccccc2c1=O. The highest BCUT2D eigenvalue weighted by atomic mass is 35.5. The number of pyridine rings is 1. The molecule has 0 aliphatic carbocycles. The topological polar surface area (TPSA) is 78.5 Å². The average Bonchev–Trinajstić information content (AvgIpc) is 3.27. The van der Waals surface area contributed by atoms with Gasteiger partial charge in [-0.15, -0.1) is 10.2 Å². The Morgan fingerprint density at radius 1 is 1.00 bits per heavy atom. The van der Waals surface area contributed by atoms with Crippen molar-refractivity contribution >= 4 is 45.9 Å². The van der Waals surface area contributed by atoms with Gasteiger partial charge in [-0.05, 0) is 42.5 Å². The van der Waals surface area contributed by atoms with Gasteiger partial charge in [0.2, 0.25) is 0 Å². The second-order valence-electron chi connectivity index (χ2n) is 7.18. The van der Waals surface area contributed by atoms with Crippen LogP contribution in [0.15, 0.2) is 76.9 Å². The highest BCUT2D eigenvalue weighted by Crippen LogP contribution is 2.32. The van der Waals surface area contributed by atoms with Crippen molar-refractivity contribution in [3.05, 3.63) is 93.2 Å². The molecule has 3 heterocycles. The van der Waals surface area contributed by atoms with Gasteiger partial charge < -0.3 is 0 Å². The zero-order valence-electron chi connectivity index (χ0n) is 17.3. The maximum absolute atomic E-state index is 12.8. The molecule has 0 aliphatic rings. The zero-order valence-corrected chi connectivity index (χ0v) is 19.6. The van der Waals surface area contributed by atoms with E-state index in [4.69, 9.17) is 23.2 Å². The van der Waals surface area contributed by atoms with Gasteiger partial charge >= 0.3 is 0 Å². The van der Waals surface area contributed by atoms with E-state index < -0.39 is 0 Å². The highest BCUT2D eigenvalue weighted by Gasteiger charge is 2.18. The smallest absolute Gasteiger partial charge is 0.261 e. The number of halogens is 2. The molecule has 2 aromatic carbocycles. The van der Waals surface area contributed by atoms with Crippen LogP contribution in [0.2, 0.25) is 10.0 Å². The van der Waals surface area contributed by atoms with E-state index in [-0.39, 0.29) is 5.56 Å². The lowest BCUT2D eigenvalue weighted by atomic mass is 10.2. The summed E-state index contributed by atoms with van der Waals surface area (Å²) in [5.74, 6) is 1.67. The van der Waals surface area contributed by atoms with Gasteiger partial charge in [-0.25, -0.2) is 4.98 Å². The van der Waals surface area contributed by atoms with Gasteiger partial charge in [-0.3, -0.25) is 18.9 Å². The second kappa shape index (κ2) is 8.97. The first-order valence-corrected chi connectivity index (χ1v) is 11.7. The minimum atomic E-state index is -0.0850. The Hall–Kier alpha value is -3.20. The summed E-state index contributed by atoms with van der Waals surface area (Å²) in [6.45, 7) is 0. The van der Waals surface area contributed by atoms with Crippen molar-refractivity contribution in [2.45, 2.75) is 10.9 Å². The Bertz CT molecular complexity index is 1530. The van der Waals surface area contributed by atoms with E-state index in [1.165, 1.54) is 11.8 Å². The molecule has 0 radical (unpaired) electrons. The fourth-order valence-corrected chi connectivity index (χ4v) is 4.65. The summed E-state index contributed by atoms with van der Waals surface area (Å²) >= 11 is 13.8. The molecule has 7 nitrogen and oxygen atoms in total. The number of aromatic nitrogens is 6. The van der Waals surface area contributed by atoms with E-state index in [0.29, 0.717) is 43.5 Å². The molecule has 0 spiro atoms. The summed E-state index contributed by atoms with van der Waals surface area (Å²) in [5, 5.41) is 10.9. The average molecular weight is 495 g/mol. The lowest BCUT2D eigenvalue weighted by Crippen LogP contribution is -2.22. The third kappa shape index (κ3) is 4.13. The van der Waals surface area contributed by atoms with Crippen LogP contribution in [0.25, 0.3) is 28.0 Å². The van der Waals surface area contributed by atoms with Gasteiger partial charge in [-0.1, -0.05) is 47.1 Å². The van der Waals surface area contributed by atoms with Crippen molar-refractivity contribution in [2.24, 2.45) is 7.05 Å². The number of hydrogen-bond acceptors (Lipinski definition) is 6. The Morgan fingerprint density at radius 2 is 1.85 bits per heavy atom. The number of nitrogens with zero attached hydrogens (tertiary/aromatic N) is 6. The fourth-order valence-electron chi connectivity index (χ4n) is 3.42. The molecular weight excluding hydrogens is 479 g/mol. The van der Waals surface area contributed by atoms with E-state index in [2.05, 4.69) is 20.2 Å². The summed E-state index contributed by atoms with van der Waals surface area (Å²) in [7, 11) is 1.72. The van der Waals surface area contributed by atoms with Crippen molar-refractivity contribution < 1.29 is 0 Å². The van der Waals surface area contributed by atoms with Crippen molar-refractivity contribution in [2.75, 3.05) is 0 Å². The molecular formula is C23H16Cl2N6OS. The summed E-state index contributed by atoms with van der Waals surface area (Å²) in [5.41, 5.74) is 2.15. The van der Waals surface area contributed by atoms with E-state index in [1.807, 2.05) is 41.0 Å². The Labute approximate surface area is 203 Å². The van der Waals surface area contributed by atoms with Crippen LogP contribution >= 0.6 is 35.0 Å². The summed E-state index contributed by atoms with van der Waals surface area (Å²) in [6, 6.07) is 16.4. The van der Waals surface area contributed by atoms with Gasteiger partial charge in [0.05, 0.1) is 32.4 Å². The van der Waals surface area contributed by atoms with Crippen LogP contribution in [-0.4, -0.2) is 29.3 Å². The van der Waals surface area contributed by atoms with Gasteiger partial charge in [0.25, 0.3) is 5.56 Å². The number of hydrogen-bond donors (Lipinski definition) is 0. The predicted octanol–water partition coefficient (Wildman–Crippen LogP) is 5.18. The number of rotatable bonds is 5. The molecule has 0 unspecified atom stereocenters. The van der Waals surface area contributed by atoms with Gasteiger partial charge in [0.15, 0.2) is 11.0 Å². The van der Waals surface area contributed by atoms with Gasteiger partial charge in [0.1, 0.15) is 5.82 Å². The molecule has 3 aromatic heterocycles. The first kappa shape index (κ1) is 21.6. The number of fused-ring (bicyclic) bond motifs is 1. The molecule has 164 valence electrons. The van der Waals surface area contributed by atoms with Crippen LogP contribution in [0.5, 0.6) is 0 Å². The summed E-state index contributed by atoms with van der Waals surface area (Å²) < 4.78 is 3.46. The van der Waals surface area contributed by atoms with Crippen LogP contribution < -0.4 is 5.56 Å². The number of benzene rings is 2. The van der Waals surface area contributed by atoms with Crippen LogP contribution in [0.3, 0.4) is 0 Å². The van der Waals surface area contributed by atoms with E-state index in [0.717, 1.165) is 11.3 Å². The molecule has 0 saturated carbocycles. The van der Waals surface area contributed by atoms with Crippen molar-refractivity contribution in [3.63, 3.8) is 0 Å². The maximum atomic E-state index is 12.8. The summed E-state index contributed by atoms with van der Waals surface area (Å²) in [6.07, 6.45) is 3.42. The number of para-hydroxylation sites is 1. The molecule has 0 atom stereocenters. The zero-order chi connectivity index (χ0) is 22.9. The summed E-state index contributed by atoms with van der Waals surface area (Å²) in [4.78, 5) is 21.6. The molecule has 0 aliphatic heterocycles. The molecule has 0 bridgehead atoms. The molecule has 0 saturated heterocycles. The van der Waals surface area contributed by atoms with Crippen molar-refractivity contribution in [1.29, 1.82) is 0 Å². The molecule has 33 heavy (non-hydrogen) atoms. The van der Waals surface area contributed by atoms with E-state index in [1.54, 1.807) is 42.2 Å². The molecule has 0 fully saturated rings. The quantitative estimate of drug-likeness (QED) is 0.313. The Kier molecular flexibility index (Phi) is 5.88. The molecule has 0 amide bonds. The van der Waals surface area contributed by atoms with E-state index >= 15 is 0 Å².